The first-order valence-electron chi connectivity index (χ1n) is 8.21. The Morgan fingerprint density at radius 2 is 1.30 bits per heavy atom. The summed E-state index contributed by atoms with van der Waals surface area (Å²) < 4.78 is 3.61. The molecule has 0 unspecified atom stereocenters. The topological polar surface area (TPSA) is 148 Å². The van der Waals surface area contributed by atoms with Gasteiger partial charge in [-0.1, -0.05) is 0 Å². The van der Waals surface area contributed by atoms with E-state index >= 15 is 0 Å². The number of rotatable bonds is 4. The van der Waals surface area contributed by atoms with Crippen LogP contribution in [-0.4, -0.2) is 44.3 Å². The van der Waals surface area contributed by atoms with Gasteiger partial charge in [0, 0.05) is 51.3 Å². The van der Waals surface area contributed by atoms with Crippen LogP contribution in [0.2, 0.25) is 0 Å². The second kappa shape index (κ2) is 10.1. The third-order valence-electron chi connectivity index (χ3n) is 3.36. The molecule has 0 radical (unpaired) electrons. The van der Waals surface area contributed by atoms with E-state index in [1.165, 1.54) is 35.9 Å². The molecule has 0 saturated heterocycles. The second-order valence-corrected chi connectivity index (χ2v) is 7.31. The number of nitriles is 2. The highest BCUT2D eigenvalue weighted by Crippen LogP contribution is 2.25. The summed E-state index contributed by atoms with van der Waals surface area (Å²) in [6.07, 6.45) is 11.2. The van der Waals surface area contributed by atoms with E-state index in [2.05, 4.69) is 35.1 Å². The van der Waals surface area contributed by atoms with E-state index in [0.717, 1.165) is 5.16 Å². The first-order valence-corrected chi connectivity index (χ1v) is 9.85. The maximum absolute atomic E-state index is 8.82. The zero-order valence-electron chi connectivity index (χ0n) is 15.8. The SMILES string of the molecule is Cn1ccnc1Sc1nccnc1C#N.Cn1cnnc1Sc1nccnc1C#N. The van der Waals surface area contributed by atoms with Gasteiger partial charge in [0.2, 0.25) is 0 Å². The Morgan fingerprint density at radius 1 is 0.733 bits per heavy atom. The van der Waals surface area contributed by atoms with E-state index in [-0.39, 0.29) is 0 Å². The van der Waals surface area contributed by atoms with Crippen LogP contribution in [-0.2, 0) is 14.1 Å². The minimum atomic E-state index is 0.297. The predicted molar refractivity (Wildman–Crippen MR) is 106 cm³/mol. The van der Waals surface area contributed by atoms with Crippen molar-refractivity contribution in [2.24, 2.45) is 14.1 Å². The minimum Gasteiger partial charge on any atom is -0.329 e. The molecular weight excluding hydrogens is 422 g/mol. The highest BCUT2D eigenvalue weighted by Gasteiger charge is 2.10. The van der Waals surface area contributed by atoms with Crippen LogP contribution in [0.25, 0.3) is 0 Å². The van der Waals surface area contributed by atoms with Crippen molar-refractivity contribution in [2.75, 3.05) is 0 Å². The fourth-order valence-corrected chi connectivity index (χ4v) is 3.50. The predicted octanol–water partition coefficient (Wildman–Crippen LogP) is 1.86. The minimum absolute atomic E-state index is 0.297. The van der Waals surface area contributed by atoms with Crippen LogP contribution in [0.3, 0.4) is 0 Å². The molecule has 0 amide bonds. The van der Waals surface area contributed by atoms with E-state index < -0.39 is 0 Å². The lowest BCUT2D eigenvalue weighted by Gasteiger charge is -2.00. The van der Waals surface area contributed by atoms with Crippen molar-refractivity contribution < 1.29 is 0 Å². The smallest absolute Gasteiger partial charge is 0.197 e. The van der Waals surface area contributed by atoms with Gasteiger partial charge in [0.05, 0.1) is 0 Å². The van der Waals surface area contributed by atoms with Crippen LogP contribution in [0.15, 0.2) is 63.9 Å². The highest BCUT2D eigenvalue weighted by molar-refractivity contribution is 7.99. The quantitative estimate of drug-likeness (QED) is 0.462. The molecule has 0 N–H and O–H groups in total. The average Bonchev–Trinajstić information content (AvgIpc) is 3.37. The summed E-state index contributed by atoms with van der Waals surface area (Å²) in [4.78, 5) is 20.1. The molecule has 0 aliphatic heterocycles. The van der Waals surface area contributed by atoms with Gasteiger partial charge in [0.15, 0.2) is 21.7 Å². The standard InChI is InChI=1S/C9H7N5S.C8H6N6S/c1-14-5-4-13-9(14)15-8-7(6-10)11-2-3-12-8;1-14-5-12-13-8(14)15-7-6(4-9)10-2-3-11-7/h2-5H,1H3;2-3,5H,1H3. The Bertz CT molecular complexity index is 1120. The number of imidazole rings is 1. The Balaban J connectivity index is 0.000000171. The molecule has 0 aromatic carbocycles. The molecule has 30 heavy (non-hydrogen) atoms. The summed E-state index contributed by atoms with van der Waals surface area (Å²) >= 11 is 2.59. The van der Waals surface area contributed by atoms with Gasteiger partial charge in [-0.15, -0.1) is 10.2 Å². The van der Waals surface area contributed by atoms with Gasteiger partial charge in [-0.25, -0.2) is 24.9 Å². The Hall–Kier alpha value is -3.81. The third kappa shape index (κ3) is 5.16. The van der Waals surface area contributed by atoms with Crippen LogP contribution < -0.4 is 0 Å². The van der Waals surface area contributed by atoms with Gasteiger partial charge in [-0.2, -0.15) is 10.5 Å². The van der Waals surface area contributed by atoms with Crippen molar-refractivity contribution in [1.29, 1.82) is 10.5 Å². The number of aromatic nitrogens is 9. The van der Waals surface area contributed by atoms with E-state index in [4.69, 9.17) is 10.5 Å². The average molecular weight is 436 g/mol. The van der Waals surface area contributed by atoms with Gasteiger partial charge < -0.3 is 9.13 Å². The highest BCUT2D eigenvalue weighted by atomic mass is 32.2. The maximum Gasteiger partial charge on any atom is 0.197 e. The van der Waals surface area contributed by atoms with E-state index in [1.54, 1.807) is 29.5 Å². The van der Waals surface area contributed by atoms with Gasteiger partial charge in [0.1, 0.15) is 28.5 Å². The number of hydrogen-bond acceptors (Lipinski definition) is 11. The van der Waals surface area contributed by atoms with Crippen LogP contribution in [0.1, 0.15) is 11.4 Å². The summed E-state index contributed by atoms with van der Waals surface area (Å²) in [5.74, 6) is 0. The summed E-state index contributed by atoms with van der Waals surface area (Å²) in [6, 6.07) is 3.97. The molecule has 13 heteroatoms. The van der Waals surface area contributed by atoms with Gasteiger partial charge in [0.25, 0.3) is 0 Å². The monoisotopic (exact) mass is 435 g/mol. The first kappa shape index (κ1) is 20.9. The third-order valence-corrected chi connectivity index (χ3v) is 5.48. The van der Waals surface area contributed by atoms with E-state index in [1.807, 2.05) is 37.0 Å². The number of nitrogens with zero attached hydrogens (tertiary/aromatic N) is 11. The van der Waals surface area contributed by atoms with Crippen molar-refractivity contribution in [3.63, 3.8) is 0 Å². The fraction of sp³-hybridized carbons (Fsp3) is 0.118. The molecule has 0 aliphatic rings. The van der Waals surface area contributed by atoms with Crippen LogP contribution in [0.5, 0.6) is 0 Å². The number of aryl methyl sites for hydroxylation is 2. The molecule has 4 rings (SSSR count). The number of hydrogen-bond donors (Lipinski definition) is 0. The Kier molecular flexibility index (Phi) is 7.05. The van der Waals surface area contributed by atoms with Crippen molar-refractivity contribution in [3.05, 3.63) is 54.9 Å². The maximum atomic E-state index is 8.82. The molecule has 0 atom stereocenters. The molecule has 11 nitrogen and oxygen atoms in total. The molecule has 0 aliphatic carbocycles. The molecule has 0 saturated carbocycles. The molecule has 0 fully saturated rings. The fourth-order valence-electron chi connectivity index (χ4n) is 1.94. The second-order valence-electron chi connectivity index (χ2n) is 5.39. The van der Waals surface area contributed by atoms with E-state index in [0.29, 0.717) is 26.6 Å². The zero-order chi connectivity index (χ0) is 21.3. The van der Waals surface area contributed by atoms with Crippen LogP contribution in [0.4, 0.5) is 0 Å². The normalized spacial score (nSPS) is 9.87. The first-order chi connectivity index (χ1) is 14.6. The molecule has 148 valence electrons. The van der Waals surface area contributed by atoms with Gasteiger partial charge in [-0.3, -0.25) is 0 Å². The molecule has 0 bridgehead atoms. The summed E-state index contributed by atoms with van der Waals surface area (Å²) in [6.45, 7) is 0. The molecule has 4 heterocycles. The lowest BCUT2D eigenvalue weighted by Crippen LogP contribution is -1.93. The van der Waals surface area contributed by atoms with Crippen LogP contribution in [0, 0.1) is 22.7 Å². The van der Waals surface area contributed by atoms with Crippen molar-refractivity contribution in [2.45, 2.75) is 20.4 Å². The van der Waals surface area contributed by atoms with E-state index in [9.17, 15) is 0 Å². The molecular formula is C17H13N11S2. The molecule has 4 aromatic heterocycles. The Labute approximate surface area is 179 Å². The van der Waals surface area contributed by atoms with Crippen molar-refractivity contribution in [3.8, 4) is 12.1 Å². The van der Waals surface area contributed by atoms with Gasteiger partial charge >= 0.3 is 0 Å². The van der Waals surface area contributed by atoms with Crippen LogP contribution >= 0.6 is 23.5 Å². The summed E-state index contributed by atoms with van der Waals surface area (Å²) in [5, 5.41) is 27.8. The van der Waals surface area contributed by atoms with Crippen molar-refractivity contribution in [1.82, 2.24) is 44.3 Å². The zero-order valence-corrected chi connectivity index (χ0v) is 17.4. The summed E-state index contributed by atoms with van der Waals surface area (Å²) in [5.41, 5.74) is 0.621. The lowest BCUT2D eigenvalue weighted by atomic mass is 10.5. The molecule has 0 spiro atoms. The van der Waals surface area contributed by atoms with Gasteiger partial charge in [-0.05, 0) is 23.5 Å². The largest absolute Gasteiger partial charge is 0.329 e. The summed E-state index contributed by atoms with van der Waals surface area (Å²) in [7, 11) is 3.71. The van der Waals surface area contributed by atoms with Crippen molar-refractivity contribution >= 4 is 23.5 Å². The molecule has 4 aromatic rings. The lowest BCUT2D eigenvalue weighted by molar-refractivity contribution is 0.786. The Morgan fingerprint density at radius 3 is 1.77 bits per heavy atom.